The zero-order valence-electron chi connectivity index (χ0n) is 14.3. The standard InChI is InChI=1S/C22H23IN2/c23-16-9-11-20-19(13-16)18-6-3-7-21(22(18)25-20)24-17-10-8-14-4-1-2-5-15(14)12-17/h1-2,4-5,9,11,13,17,21,24-25H,3,6-8,10,12H2. The van der Waals surface area contributed by atoms with Gasteiger partial charge in [0.1, 0.15) is 0 Å². The van der Waals surface area contributed by atoms with Crippen molar-refractivity contribution in [1.29, 1.82) is 0 Å². The van der Waals surface area contributed by atoms with Crippen LogP contribution in [-0.4, -0.2) is 11.0 Å². The second-order valence-electron chi connectivity index (χ2n) is 7.53. The highest BCUT2D eigenvalue weighted by Gasteiger charge is 2.27. The smallest absolute Gasteiger partial charge is 0.0478 e. The Bertz CT molecular complexity index is 927. The van der Waals surface area contributed by atoms with Gasteiger partial charge < -0.3 is 10.3 Å². The lowest BCUT2D eigenvalue weighted by molar-refractivity contribution is 0.364. The molecule has 2 aliphatic rings. The monoisotopic (exact) mass is 442 g/mol. The fraction of sp³-hybridized carbons (Fsp3) is 0.364. The van der Waals surface area contributed by atoms with E-state index in [-0.39, 0.29) is 0 Å². The van der Waals surface area contributed by atoms with Crippen molar-refractivity contribution in [3.05, 3.63) is 68.4 Å². The zero-order chi connectivity index (χ0) is 16.8. The number of rotatable bonds is 2. The predicted molar refractivity (Wildman–Crippen MR) is 112 cm³/mol. The average Bonchev–Trinajstić information content (AvgIpc) is 3.01. The Morgan fingerprint density at radius 2 is 1.88 bits per heavy atom. The van der Waals surface area contributed by atoms with Crippen molar-refractivity contribution in [3.63, 3.8) is 0 Å². The molecular weight excluding hydrogens is 419 g/mol. The van der Waals surface area contributed by atoms with E-state index < -0.39 is 0 Å². The quantitative estimate of drug-likeness (QED) is 0.519. The van der Waals surface area contributed by atoms with Crippen LogP contribution in [0.15, 0.2) is 42.5 Å². The molecule has 1 heterocycles. The van der Waals surface area contributed by atoms with Crippen molar-refractivity contribution in [2.45, 2.75) is 50.6 Å². The van der Waals surface area contributed by atoms with Crippen molar-refractivity contribution in [3.8, 4) is 0 Å². The first-order valence-corrected chi connectivity index (χ1v) is 10.5. The Kier molecular flexibility index (Phi) is 4.09. The first-order valence-electron chi connectivity index (χ1n) is 9.41. The number of nitrogens with one attached hydrogen (secondary N) is 2. The summed E-state index contributed by atoms with van der Waals surface area (Å²) in [5.41, 5.74) is 7.38. The van der Waals surface area contributed by atoms with E-state index in [1.54, 1.807) is 11.1 Å². The van der Waals surface area contributed by atoms with Crippen LogP contribution in [0.1, 0.15) is 47.7 Å². The van der Waals surface area contributed by atoms with Crippen molar-refractivity contribution in [2.24, 2.45) is 0 Å². The lowest BCUT2D eigenvalue weighted by Gasteiger charge is -2.32. The van der Waals surface area contributed by atoms with E-state index in [0.29, 0.717) is 12.1 Å². The van der Waals surface area contributed by atoms with Crippen LogP contribution in [0, 0.1) is 3.57 Å². The van der Waals surface area contributed by atoms with Gasteiger partial charge in [0.05, 0.1) is 0 Å². The maximum absolute atomic E-state index is 4.00. The van der Waals surface area contributed by atoms with Gasteiger partial charge in [0, 0.05) is 32.3 Å². The normalized spacial score (nSPS) is 22.6. The van der Waals surface area contributed by atoms with Gasteiger partial charge >= 0.3 is 0 Å². The van der Waals surface area contributed by atoms with Crippen molar-refractivity contribution in [2.75, 3.05) is 0 Å². The lowest BCUT2D eigenvalue weighted by Crippen LogP contribution is -2.38. The summed E-state index contributed by atoms with van der Waals surface area (Å²) in [6.07, 6.45) is 7.36. The van der Waals surface area contributed by atoms with Crippen LogP contribution in [0.4, 0.5) is 0 Å². The van der Waals surface area contributed by atoms with E-state index in [1.165, 1.54) is 64.3 Å². The number of aromatic amines is 1. The number of aromatic nitrogens is 1. The topological polar surface area (TPSA) is 27.8 Å². The number of benzene rings is 2. The Hall–Kier alpha value is -1.33. The van der Waals surface area contributed by atoms with Gasteiger partial charge in [0.25, 0.3) is 0 Å². The number of hydrogen-bond acceptors (Lipinski definition) is 1. The summed E-state index contributed by atoms with van der Waals surface area (Å²) in [6, 6.07) is 16.8. The van der Waals surface area contributed by atoms with Gasteiger partial charge in [-0.15, -0.1) is 0 Å². The SMILES string of the molecule is Ic1ccc2[nH]c3c(c2c1)CCCC3NC1CCc2ccccc2C1. The fourth-order valence-electron chi connectivity index (χ4n) is 4.73. The molecule has 2 nitrogen and oxygen atoms in total. The van der Waals surface area contributed by atoms with Gasteiger partial charge in [-0.2, -0.15) is 0 Å². The van der Waals surface area contributed by atoms with Crippen LogP contribution in [0.5, 0.6) is 0 Å². The first-order chi connectivity index (χ1) is 12.3. The van der Waals surface area contributed by atoms with E-state index in [4.69, 9.17) is 0 Å². The van der Waals surface area contributed by atoms with Crippen LogP contribution in [-0.2, 0) is 19.3 Å². The van der Waals surface area contributed by atoms with Crippen LogP contribution >= 0.6 is 22.6 Å². The number of halogens is 1. The summed E-state index contributed by atoms with van der Waals surface area (Å²) in [7, 11) is 0. The molecular formula is C22H23IN2. The third-order valence-corrected chi connectivity index (χ3v) is 6.62. The number of hydrogen-bond donors (Lipinski definition) is 2. The molecule has 2 aromatic carbocycles. The molecule has 25 heavy (non-hydrogen) atoms. The molecule has 0 fully saturated rings. The summed E-state index contributed by atoms with van der Waals surface area (Å²) in [5, 5.41) is 5.43. The minimum absolute atomic E-state index is 0.476. The summed E-state index contributed by atoms with van der Waals surface area (Å²) < 4.78 is 1.32. The molecule has 0 aliphatic heterocycles. The maximum atomic E-state index is 4.00. The van der Waals surface area contributed by atoms with E-state index in [9.17, 15) is 0 Å². The molecule has 0 saturated carbocycles. The van der Waals surface area contributed by atoms with Gasteiger partial charge in [-0.05, 0) is 96.0 Å². The predicted octanol–water partition coefficient (Wildman–Crippen LogP) is 5.30. The second-order valence-corrected chi connectivity index (χ2v) is 8.77. The Balaban J connectivity index is 1.42. The van der Waals surface area contributed by atoms with E-state index >= 15 is 0 Å². The Morgan fingerprint density at radius 1 is 1.00 bits per heavy atom. The molecule has 3 heteroatoms. The van der Waals surface area contributed by atoms with E-state index in [2.05, 4.69) is 75.4 Å². The van der Waals surface area contributed by atoms with Gasteiger partial charge in [-0.1, -0.05) is 24.3 Å². The number of aryl methyl sites for hydroxylation is 2. The molecule has 0 amide bonds. The fourth-order valence-corrected chi connectivity index (χ4v) is 5.22. The molecule has 0 radical (unpaired) electrons. The van der Waals surface area contributed by atoms with Crippen molar-refractivity contribution >= 4 is 33.5 Å². The zero-order valence-corrected chi connectivity index (χ0v) is 16.5. The van der Waals surface area contributed by atoms with Gasteiger partial charge in [-0.3, -0.25) is 0 Å². The molecule has 5 rings (SSSR count). The highest BCUT2D eigenvalue weighted by atomic mass is 127. The Morgan fingerprint density at radius 3 is 2.80 bits per heavy atom. The number of H-pyrrole nitrogens is 1. The first kappa shape index (κ1) is 15.9. The molecule has 2 aliphatic carbocycles. The summed E-state index contributed by atoms with van der Waals surface area (Å²) in [5.74, 6) is 0. The third kappa shape index (κ3) is 2.91. The largest absolute Gasteiger partial charge is 0.357 e. The van der Waals surface area contributed by atoms with Crippen LogP contribution < -0.4 is 5.32 Å². The van der Waals surface area contributed by atoms with Gasteiger partial charge in [-0.25, -0.2) is 0 Å². The Labute approximate surface area is 162 Å². The van der Waals surface area contributed by atoms with Crippen molar-refractivity contribution in [1.82, 2.24) is 10.3 Å². The average molecular weight is 442 g/mol. The highest BCUT2D eigenvalue weighted by molar-refractivity contribution is 14.1. The van der Waals surface area contributed by atoms with Crippen LogP contribution in [0.25, 0.3) is 10.9 Å². The summed E-state index contributed by atoms with van der Waals surface area (Å²) in [4.78, 5) is 3.74. The van der Waals surface area contributed by atoms with Crippen LogP contribution in [0.2, 0.25) is 0 Å². The minimum Gasteiger partial charge on any atom is -0.357 e. The molecule has 2 N–H and O–H groups in total. The van der Waals surface area contributed by atoms with Gasteiger partial charge in [0.2, 0.25) is 0 Å². The molecule has 0 spiro atoms. The van der Waals surface area contributed by atoms with Crippen LogP contribution in [0.3, 0.4) is 0 Å². The third-order valence-electron chi connectivity index (χ3n) is 5.95. The lowest BCUT2D eigenvalue weighted by atomic mass is 9.86. The molecule has 1 aromatic heterocycles. The van der Waals surface area contributed by atoms with E-state index in [0.717, 1.165) is 0 Å². The molecule has 0 bridgehead atoms. The minimum atomic E-state index is 0.476. The molecule has 128 valence electrons. The van der Waals surface area contributed by atoms with E-state index in [1.807, 2.05) is 0 Å². The molecule has 2 atom stereocenters. The molecule has 3 aromatic rings. The van der Waals surface area contributed by atoms with Gasteiger partial charge in [0.15, 0.2) is 0 Å². The summed E-state index contributed by atoms with van der Waals surface area (Å²) >= 11 is 2.42. The number of fused-ring (bicyclic) bond motifs is 4. The maximum Gasteiger partial charge on any atom is 0.0478 e. The second kappa shape index (κ2) is 6.44. The molecule has 0 saturated heterocycles. The van der Waals surface area contributed by atoms with Crippen molar-refractivity contribution < 1.29 is 0 Å². The molecule has 2 unspecified atom stereocenters. The summed E-state index contributed by atoms with van der Waals surface area (Å²) in [6.45, 7) is 0. The highest BCUT2D eigenvalue weighted by Crippen LogP contribution is 2.36.